The SMILES string of the molecule is CCCNC(C)CCS(=O)CCOC. The highest BCUT2D eigenvalue weighted by molar-refractivity contribution is 7.84. The molecule has 14 heavy (non-hydrogen) atoms. The van der Waals surface area contributed by atoms with E-state index in [0.29, 0.717) is 18.4 Å². The molecule has 0 fully saturated rings. The van der Waals surface area contributed by atoms with Crippen molar-refractivity contribution < 1.29 is 8.95 Å². The first kappa shape index (κ1) is 14.1. The van der Waals surface area contributed by atoms with Gasteiger partial charge in [-0.15, -0.1) is 0 Å². The van der Waals surface area contributed by atoms with E-state index in [1.54, 1.807) is 7.11 Å². The van der Waals surface area contributed by atoms with Crippen LogP contribution in [0.5, 0.6) is 0 Å². The Hall–Kier alpha value is 0.0700. The summed E-state index contributed by atoms with van der Waals surface area (Å²) in [5.74, 6) is 1.44. The number of rotatable bonds is 9. The van der Waals surface area contributed by atoms with Crippen LogP contribution in [0.15, 0.2) is 0 Å². The lowest BCUT2D eigenvalue weighted by atomic mass is 10.2. The van der Waals surface area contributed by atoms with E-state index in [2.05, 4.69) is 19.2 Å². The molecule has 2 atom stereocenters. The van der Waals surface area contributed by atoms with E-state index >= 15 is 0 Å². The number of hydrogen-bond donors (Lipinski definition) is 1. The largest absolute Gasteiger partial charge is 0.384 e. The molecule has 0 amide bonds. The van der Waals surface area contributed by atoms with Crippen LogP contribution in [0.1, 0.15) is 26.7 Å². The fourth-order valence-electron chi connectivity index (χ4n) is 1.08. The molecule has 0 rings (SSSR count). The normalized spacial score (nSPS) is 15.4. The Morgan fingerprint density at radius 1 is 1.43 bits per heavy atom. The van der Waals surface area contributed by atoms with Crippen molar-refractivity contribution in [2.75, 3.05) is 31.8 Å². The molecule has 0 saturated heterocycles. The van der Waals surface area contributed by atoms with Crippen molar-refractivity contribution in [2.45, 2.75) is 32.7 Å². The van der Waals surface area contributed by atoms with Gasteiger partial charge in [0.15, 0.2) is 0 Å². The molecule has 2 unspecified atom stereocenters. The predicted molar refractivity (Wildman–Crippen MR) is 62.1 cm³/mol. The van der Waals surface area contributed by atoms with Crippen LogP contribution in [0.25, 0.3) is 0 Å². The zero-order chi connectivity index (χ0) is 10.8. The Bertz CT molecular complexity index is 153. The summed E-state index contributed by atoms with van der Waals surface area (Å²) < 4.78 is 16.3. The summed E-state index contributed by atoms with van der Waals surface area (Å²) in [6, 6.07) is 0.474. The van der Waals surface area contributed by atoms with Gasteiger partial charge in [-0.25, -0.2) is 0 Å². The molecule has 0 aliphatic rings. The minimum Gasteiger partial charge on any atom is -0.384 e. The van der Waals surface area contributed by atoms with Crippen LogP contribution in [0, 0.1) is 0 Å². The Morgan fingerprint density at radius 3 is 2.71 bits per heavy atom. The van der Waals surface area contributed by atoms with Gasteiger partial charge in [0.2, 0.25) is 0 Å². The standard InChI is InChI=1S/C10H23NO2S/c1-4-6-11-10(2)5-8-14(12)9-7-13-3/h10-11H,4-9H2,1-3H3. The lowest BCUT2D eigenvalue weighted by Crippen LogP contribution is -2.28. The average molecular weight is 221 g/mol. The highest BCUT2D eigenvalue weighted by Crippen LogP contribution is 1.95. The molecule has 0 aliphatic heterocycles. The Balaban J connectivity index is 3.36. The lowest BCUT2D eigenvalue weighted by Gasteiger charge is -2.12. The van der Waals surface area contributed by atoms with Crippen LogP contribution < -0.4 is 5.32 Å². The van der Waals surface area contributed by atoms with E-state index in [-0.39, 0.29) is 0 Å². The van der Waals surface area contributed by atoms with E-state index in [0.717, 1.165) is 25.1 Å². The summed E-state index contributed by atoms with van der Waals surface area (Å²) in [5, 5.41) is 3.38. The summed E-state index contributed by atoms with van der Waals surface area (Å²) in [6.07, 6.45) is 2.13. The van der Waals surface area contributed by atoms with Crippen LogP contribution in [-0.4, -0.2) is 42.0 Å². The molecule has 0 heterocycles. The second kappa shape index (κ2) is 9.62. The quantitative estimate of drug-likeness (QED) is 0.635. The van der Waals surface area contributed by atoms with Crippen molar-refractivity contribution in [3.05, 3.63) is 0 Å². The van der Waals surface area contributed by atoms with Gasteiger partial charge in [0.1, 0.15) is 0 Å². The topological polar surface area (TPSA) is 38.3 Å². The van der Waals surface area contributed by atoms with E-state index in [1.165, 1.54) is 0 Å². The minimum atomic E-state index is -0.711. The van der Waals surface area contributed by atoms with Crippen LogP contribution in [0.4, 0.5) is 0 Å². The summed E-state index contributed by atoms with van der Waals surface area (Å²) in [4.78, 5) is 0. The summed E-state index contributed by atoms with van der Waals surface area (Å²) in [5.41, 5.74) is 0. The maximum atomic E-state index is 11.4. The van der Waals surface area contributed by atoms with Gasteiger partial charge in [-0.2, -0.15) is 0 Å². The van der Waals surface area contributed by atoms with Gasteiger partial charge in [-0.05, 0) is 26.3 Å². The van der Waals surface area contributed by atoms with Gasteiger partial charge in [-0.1, -0.05) is 6.92 Å². The number of nitrogens with one attached hydrogen (secondary N) is 1. The molecular formula is C10H23NO2S. The predicted octanol–water partition coefficient (Wildman–Crippen LogP) is 1.16. The maximum absolute atomic E-state index is 11.4. The Morgan fingerprint density at radius 2 is 2.14 bits per heavy atom. The zero-order valence-electron chi connectivity index (χ0n) is 9.54. The van der Waals surface area contributed by atoms with E-state index in [1.807, 2.05) is 0 Å². The molecule has 0 radical (unpaired) electrons. The van der Waals surface area contributed by atoms with Crippen molar-refractivity contribution >= 4 is 10.8 Å². The third-order valence-electron chi connectivity index (χ3n) is 2.04. The van der Waals surface area contributed by atoms with Crippen LogP contribution >= 0.6 is 0 Å². The summed E-state index contributed by atoms with van der Waals surface area (Å²) in [6.45, 7) is 5.94. The third kappa shape index (κ3) is 8.66. The first-order chi connectivity index (χ1) is 6.70. The first-order valence-electron chi connectivity index (χ1n) is 5.28. The van der Waals surface area contributed by atoms with Crippen LogP contribution in [-0.2, 0) is 15.5 Å². The molecule has 0 aromatic rings. The monoisotopic (exact) mass is 221 g/mol. The molecule has 1 N–H and O–H groups in total. The Kier molecular flexibility index (Phi) is 9.67. The van der Waals surface area contributed by atoms with Gasteiger partial charge >= 0.3 is 0 Å². The molecule has 0 spiro atoms. The van der Waals surface area contributed by atoms with Crippen LogP contribution in [0.2, 0.25) is 0 Å². The Labute approximate surface area is 90.1 Å². The number of hydrogen-bond acceptors (Lipinski definition) is 3. The number of ether oxygens (including phenoxy) is 1. The molecule has 3 nitrogen and oxygen atoms in total. The maximum Gasteiger partial charge on any atom is 0.0577 e. The van der Waals surface area contributed by atoms with E-state index < -0.39 is 10.8 Å². The van der Waals surface area contributed by atoms with Gasteiger partial charge < -0.3 is 10.1 Å². The second-order valence-corrected chi connectivity index (χ2v) is 5.18. The van der Waals surface area contributed by atoms with Crippen molar-refractivity contribution in [2.24, 2.45) is 0 Å². The summed E-state index contributed by atoms with van der Waals surface area (Å²) >= 11 is 0. The molecule has 0 aliphatic carbocycles. The lowest BCUT2D eigenvalue weighted by molar-refractivity contribution is 0.218. The minimum absolute atomic E-state index is 0.474. The second-order valence-electron chi connectivity index (χ2n) is 3.48. The summed E-state index contributed by atoms with van der Waals surface area (Å²) in [7, 11) is 0.930. The fourth-order valence-corrected chi connectivity index (χ4v) is 2.25. The van der Waals surface area contributed by atoms with Gasteiger partial charge in [0.05, 0.1) is 6.61 Å². The van der Waals surface area contributed by atoms with E-state index in [4.69, 9.17) is 4.74 Å². The van der Waals surface area contributed by atoms with Gasteiger partial charge in [0.25, 0.3) is 0 Å². The van der Waals surface area contributed by atoms with Crippen LogP contribution in [0.3, 0.4) is 0 Å². The van der Waals surface area contributed by atoms with Gasteiger partial charge in [0, 0.05) is 35.5 Å². The number of methoxy groups -OCH3 is 1. The smallest absolute Gasteiger partial charge is 0.0577 e. The highest BCUT2D eigenvalue weighted by atomic mass is 32.2. The average Bonchev–Trinajstić information content (AvgIpc) is 2.20. The van der Waals surface area contributed by atoms with E-state index in [9.17, 15) is 4.21 Å². The van der Waals surface area contributed by atoms with Crippen molar-refractivity contribution in [3.8, 4) is 0 Å². The first-order valence-corrected chi connectivity index (χ1v) is 6.76. The molecule has 0 aromatic carbocycles. The molecule has 0 aromatic heterocycles. The molecule has 0 bridgehead atoms. The molecule has 86 valence electrons. The molecular weight excluding hydrogens is 198 g/mol. The van der Waals surface area contributed by atoms with Crippen molar-refractivity contribution in [3.63, 3.8) is 0 Å². The van der Waals surface area contributed by atoms with Gasteiger partial charge in [-0.3, -0.25) is 4.21 Å². The highest BCUT2D eigenvalue weighted by Gasteiger charge is 2.04. The zero-order valence-corrected chi connectivity index (χ0v) is 10.4. The molecule has 0 saturated carbocycles. The van der Waals surface area contributed by atoms with Crippen molar-refractivity contribution in [1.29, 1.82) is 0 Å². The third-order valence-corrected chi connectivity index (χ3v) is 3.35. The fraction of sp³-hybridized carbons (Fsp3) is 1.00. The molecule has 4 heteroatoms. The van der Waals surface area contributed by atoms with Crippen molar-refractivity contribution in [1.82, 2.24) is 5.32 Å².